The summed E-state index contributed by atoms with van der Waals surface area (Å²) in [7, 11) is 0. The van der Waals surface area contributed by atoms with E-state index in [2.05, 4.69) is 30.8 Å². The number of nitrogens with zero attached hydrogens (tertiary/aromatic N) is 3. The van der Waals surface area contributed by atoms with Crippen molar-refractivity contribution in [3.05, 3.63) is 54.2 Å². The van der Waals surface area contributed by atoms with Crippen LogP contribution in [-0.2, 0) is 4.79 Å². The molecule has 0 spiro atoms. The minimum Gasteiger partial charge on any atom is -0.438 e. The Labute approximate surface area is 174 Å². The maximum Gasteiger partial charge on any atom is 0.262 e. The summed E-state index contributed by atoms with van der Waals surface area (Å²) in [6.07, 6.45) is 3.38. The Morgan fingerprint density at radius 2 is 1.93 bits per heavy atom. The molecule has 3 heterocycles. The van der Waals surface area contributed by atoms with Gasteiger partial charge >= 0.3 is 0 Å². The van der Waals surface area contributed by atoms with Crippen LogP contribution in [-0.4, -0.2) is 32.0 Å². The third kappa shape index (κ3) is 3.72. The second-order valence-corrected chi connectivity index (χ2v) is 7.76. The maximum atomic E-state index is 12.9. The summed E-state index contributed by atoms with van der Waals surface area (Å²) in [4.78, 5) is 33.3. The molecule has 1 fully saturated rings. The SMILES string of the molecule is O=C(Nc1[nH]nc2nc(NC(=O)C3CC3)sc12)c1cccnc1Oc1ccccc1. The fraction of sp³-hybridized carbons (Fsp3) is 0.150. The van der Waals surface area contributed by atoms with E-state index in [-0.39, 0.29) is 23.3 Å². The first kappa shape index (κ1) is 18.3. The lowest BCUT2D eigenvalue weighted by Crippen LogP contribution is -2.14. The Kier molecular flexibility index (Phi) is 4.60. The van der Waals surface area contributed by atoms with Crippen LogP contribution >= 0.6 is 11.3 Å². The van der Waals surface area contributed by atoms with Crippen LogP contribution in [0.4, 0.5) is 10.9 Å². The van der Waals surface area contributed by atoms with Crippen molar-refractivity contribution in [3.63, 3.8) is 0 Å². The van der Waals surface area contributed by atoms with E-state index in [1.165, 1.54) is 11.3 Å². The van der Waals surface area contributed by atoms with E-state index in [4.69, 9.17) is 4.74 Å². The van der Waals surface area contributed by atoms with Crippen LogP contribution < -0.4 is 15.4 Å². The molecule has 30 heavy (non-hydrogen) atoms. The smallest absolute Gasteiger partial charge is 0.262 e. The molecule has 4 aromatic rings. The molecule has 3 N–H and O–H groups in total. The van der Waals surface area contributed by atoms with Gasteiger partial charge in [0.05, 0.1) is 0 Å². The number of pyridine rings is 1. The number of para-hydroxylation sites is 1. The van der Waals surface area contributed by atoms with Gasteiger partial charge in [-0.2, -0.15) is 10.1 Å². The van der Waals surface area contributed by atoms with Crippen molar-refractivity contribution in [2.24, 2.45) is 5.92 Å². The standard InChI is InChI=1S/C20H16N6O3S/c27-17(11-8-9-11)24-20-23-16-14(30-20)15(25-26-16)22-18(28)13-7-4-10-21-19(13)29-12-5-2-1-3-6-12/h1-7,10-11H,8-9H2,(H3,22,23,24,25,26,27,28). The Hall–Kier alpha value is -3.79. The monoisotopic (exact) mass is 420 g/mol. The maximum absolute atomic E-state index is 12.9. The second kappa shape index (κ2) is 7.56. The largest absolute Gasteiger partial charge is 0.438 e. The van der Waals surface area contributed by atoms with Crippen LogP contribution in [0.15, 0.2) is 48.7 Å². The molecular weight excluding hydrogens is 404 g/mol. The highest BCUT2D eigenvalue weighted by atomic mass is 32.1. The number of nitrogens with one attached hydrogen (secondary N) is 3. The number of fused-ring (bicyclic) bond motifs is 1. The van der Waals surface area contributed by atoms with Crippen molar-refractivity contribution in [1.29, 1.82) is 0 Å². The average Bonchev–Trinajstić information content (AvgIpc) is 3.45. The number of anilines is 2. The first-order valence-electron chi connectivity index (χ1n) is 9.32. The lowest BCUT2D eigenvalue weighted by Gasteiger charge is -2.09. The first-order chi connectivity index (χ1) is 14.7. The van der Waals surface area contributed by atoms with Gasteiger partial charge in [-0.25, -0.2) is 4.98 Å². The number of H-pyrrole nitrogens is 1. The molecule has 1 saturated carbocycles. The van der Waals surface area contributed by atoms with Crippen LogP contribution in [0.1, 0.15) is 23.2 Å². The predicted octanol–water partition coefficient (Wildman–Crippen LogP) is 3.81. The zero-order valence-electron chi connectivity index (χ0n) is 15.6. The van der Waals surface area contributed by atoms with E-state index in [1.807, 2.05) is 18.2 Å². The third-order valence-electron chi connectivity index (χ3n) is 4.50. The van der Waals surface area contributed by atoms with Crippen molar-refractivity contribution >= 4 is 44.4 Å². The summed E-state index contributed by atoms with van der Waals surface area (Å²) >= 11 is 1.25. The Bertz CT molecular complexity index is 1230. The van der Waals surface area contributed by atoms with Crippen LogP contribution in [0.25, 0.3) is 10.3 Å². The van der Waals surface area contributed by atoms with Gasteiger partial charge in [0.25, 0.3) is 5.91 Å². The van der Waals surface area contributed by atoms with E-state index < -0.39 is 5.91 Å². The number of ether oxygens (including phenoxy) is 1. The number of hydrogen-bond acceptors (Lipinski definition) is 7. The van der Waals surface area contributed by atoms with Gasteiger partial charge in [0, 0.05) is 12.1 Å². The molecular formula is C20H16N6O3S. The molecule has 2 amide bonds. The highest BCUT2D eigenvalue weighted by Crippen LogP contribution is 2.34. The zero-order valence-corrected chi connectivity index (χ0v) is 16.4. The summed E-state index contributed by atoms with van der Waals surface area (Å²) in [5, 5.41) is 12.9. The number of carbonyl (C=O) groups is 2. The van der Waals surface area contributed by atoms with Gasteiger partial charge in [-0.15, -0.1) is 0 Å². The molecule has 0 aliphatic heterocycles. The van der Waals surface area contributed by atoms with Gasteiger partial charge < -0.3 is 15.4 Å². The number of thiazole rings is 1. The van der Waals surface area contributed by atoms with Gasteiger partial charge in [0.2, 0.25) is 11.8 Å². The normalized spacial score (nSPS) is 13.2. The number of amides is 2. The van der Waals surface area contributed by atoms with Crippen LogP contribution in [0.3, 0.4) is 0 Å². The molecule has 1 aliphatic carbocycles. The minimum absolute atomic E-state index is 0.0287. The van der Waals surface area contributed by atoms with Crippen molar-refractivity contribution in [2.45, 2.75) is 12.8 Å². The van der Waals surface area contributed by atoms with Crippen LogP contribution in [0.2, 0.25) is 0 Å². The van der Waals surface area contributed by atoms with Gasteiger partial charge in [-0.3, -0.25) is 14.7 Å². The topological polar surface area (TPSA) is 122 Å². The molecule has 9 nitrogen and oxygen atoms in total. The fourth-order valence-corrected chi connectivity index (χ4v) is 3.69. The number of benzene rings is 1. The number of carbonyl (C=O) groups excluding carboxylic acids is 2. The van der Waals surface area contributed by atoms with Gasteiger partial charge in [-0.05, 0) is 37.1 Å². The molecule has 0 atom stereocenters. The van der Waals surface area contributed by atoms with Gasteiger partial charge in [0.15, 0.2) is 10.8 Å². The molecule has 3 aromatic heterocycles. The Morgan fingerprint density at radius 3 is 2.73 bits per heavy atom. The molecule has 5 rings (SSSR count). The van der Waals surface area contributed by atoms with E-state index in [0.29, 0.717) is 27.0 Å². The van der Waals surface area contributed by atoms with Crippen LogP contribution in [0.5, 0.6) is 11.6 Å². The zero-order chi connectivity index (χ0) is 20.5. The molecule has 0 radical (unpaired) electrons. The molecule has 10 heteroatoms. The highest BCUT2D eigenvalue weighted by molar-refractivity contribution is 7.22. The average molecular weight is 420 g/mol. The first-order valence-corrected chi connectivity index (χ1v) is 10.1. The molecule has 150 valence electrons. The lowest BCUT2D eigenvalue weighted by atomic mass is 10.2. The number of hydrogen-bond donors (Lipinski definition) is 3. The molecule has 0 saturated heterocycles. The van der Waals surface area contributed by atoms with E-state index >= 15 is 0 Å². The van der Waals surface area contributed by atoms with E-state index in [0.717, 1.165) is 12.8 Å². The molecule has 1 aromatic carbocycles. The predicted molar refractivity (Wildman–Crippen MR) is 112 cm³/mol. The fourth-order valence-electron chi connectivity index (χ4n) is 2.83. The minimum atomic E-state index is -0.406. The molecule has 0 unspecified atom stereocenters. The quantitative estimate of drug-likeness (QED) is 0.436. The number of aromatic amines is 1. The van der Waals surface area contributed by atoms with Crippen molar-refractivity contribution in [1.82, 2.24) is 20.2 Å². The summed E-state index contributed by atoms with van der Waals surface area (Å²) in [6.45, 7) is 0. The highest BCUT2D eigenvalue weighted by Gasteiger charge is 2.30. The summed E-state index contributed by atoms with van der Waals surface area (Å²) in [6, 6.07) is 12.4. The third-order valence-corrected chi connectivity index (χ3v) is 5.48. The van der Waals surface area contributed by atoms with Crippen molar-refractivity contribution in [3.8, 4) is 11.6 Å². The summed E-state index contributed by atoms with van der Waals surface area (Å²) in [5.41, 5.74) is 0.698. The molecule has 1 aliphatic rings. The number of rotatable bonds is 6. The lowest BCUT2D eigenvalue weighted by molar-refractivity contribution is -0.117. The summed E-state index contributed by atoms with van der Waals surface area (Å²) in [5.74, 6) is 0.811. The van der Waals surface area contributed by atoms with Crippen molar-refractivity contribution in [2.75, 3.05) is 10.6 Å². The Morgan fingerprint density at radius 1 is 1.10 bits per heavy atom. The Balaban J connectivity index is 1.36. The van der Waals surface area contributed by atoms with E-state index in [1.54, 1.807) is 30.5 Å². The van der Waals surface area contributed by atoms with Crippen molar-refractivity contribution < 1.29 is 14.3 Å². The van der Waals surface area contributed by atoms with E-state index in [9.17, 15) is 9.59 Å². The molecule has 0 bridgehead atoms. The summed E-state index contributed by atoms with van der Waals surface area (Å²) < 4.78 is 6.40. The second-order valence-electron chi connectivity index (χ2n) is 6.76. The van der Waals surface area contributed by atoms with Crippen LogP contribution in [0, 0.1) is 5.92 Å². The number of aromatic nitrogens is 4. The van der Waals surface area contributed by atoms with Gasteiger partial charge in [-0.1, -0.05) is 29.5 Å². The van der Waals surface area contributed by atoms with Gasteiger partial charge in [0.1, 0.15) is 21.8 Å².